The molecule has 0 heterocycles. The maximum atomic E-state index is 11.8. The molecule has 0 atom stereocenters. The quantitative estimate of drug-likeness (QED) is 0.506. The Balaban J connectivity index is 3.24. The molecule has 1 aromatic carbocycles. The van der Waals surface area contributed by atoms with E-state index in [1.165, 1.54) is 25.1 Å². The predicted molar refractivity (Wildman–Crippen MR) is 66.8 cm³/mol. The van der Waals surface area contributed by atoms with E-state index in [0.29, 0.717) is 5.33 Å². The highest BCUT2D eigenvalue weighted by Gasteiger charge is 2.22. The molecule has 0 amide bonds. The molecule has 1 N–H and O–H groups in total. The summed E-state index contributed by atoms with van der Waals surface area (Å²) in [6, 6.07) is 3.98. The van der Waals surface area contributed by atoms with Gasteiger partial charge < -0.3 is 0 Å². The molecule has 0 aromatic heterocycles. The number of rotatable bonds is 5. The van der Waals surface area contributed by atoms with E-state index in [2.05, 4.69) is 20.7 Å². The molecule has 17 heavy (non-hydrogen) atoms. The molecule has 0 aliphatic heterocycles. The van der Waals surface area contributed by atoms with Gasteiger partial charge in [0.2, 0.25) is 10.0 Å². The smallest absolute Gasteiger partial charge is 0.258 e. The van der Waals surface area contributed by atoms with Crippen molar-refractivity contribution in [2.75, 3.05) is 11.9 Å². The second-order valence-electron chi connectivity index (χ2n) is 3.24. The second-order valence-corrected chi connectivity index (χ2v) is 5.77. The normalized spacial score (nSPS) is 11.4. The van der Waals surface area contributed by atoms with Crippen molar-refractivity contribution in [3.8, 4) is 0 Å². The molecule has 0 fully saturated rings. The van der Waals surface area contributed by atoms with Crippen LogP contribution in [0.3, 0.4) is 0 Å². The first kappa shape index (κ1) is 14.1. The van der Waals surface area contributed by atoms with Crippen molar-refractivity contribution < 1.29 is 13.3 Å². The van der Waals surface area contributed by atoms with Crippen molar-refractivity contribution in [1.82, 2.24) is 4.72 Å². The average Bonchev–Trinajstić information content (AvgIpc) is 2.26. The fourth-order valence-electron chi connectivity index (χ4n) is 1.34. The standard InChI is InChI=1S/C9H11BrN2O4S/c1-7-8(12(13)14)3-2-4-9(7)17(15,16)11-6-5-10/h2-4,11H,5-6H2,1H3. The Morgan fingerprint density at radius 3 is 2.65 bits per heavy atom. The zero-order valence-electron chi connectivity index (χ0n) is 9.01. The van der Waals surface area contributed by atoms with Crippen LogP contribution in [0, 0.1) is 17.0 Å². The van der Waals surface area contributed by atoms with Gasteiger partial charge in [0.15, 0.2) is 0 Å². The van der Waals surface area contributed by atoms with Crippen LogP contribution in [0.5, 0.6) is 0 Å². The van der Waals surface area contributed by atoms with Crippen molar-refractivity contribution in [3.05, 3.63) is 33.9 Å². The van der Waals surface area contributed by atoms with Gasteiger partial charge in [-0.15, -0.1) is 0 Å². The molecule has 6 nitrogen and oxygen atoms in total. The third-order valence-corrected chi connectivity index (χ3v) is 4.13. The third-order valence-electron chi connectivity index (χ3n) is 2.13. The van der Waals surface area contributed by atoms with Crippen molar-refractivity contribution >= 4 is 31.6 Å². The number of nitro groups is 1. The number of hydrogen-bond donors (Lipinski definition) is 1. The van der Waals surface area contributed by atoms with E-state index in [1.54, 1.807) is 0 Å². The van der Waals surface area contributed by atoms with Crippen LogP contribution in [0.25, 0.3) is 0 Å². The summed E-state index contributed by atoms with van der Waals surface area (Å²) >= 11 is 3.10. The van der Waals surface area contributed by atoms with Crippen LogP contribution in [0.2, 0.25) is 0 Å². The van der Waals surface area contributed by atoms with E-state index in [-0.39, 0.29) is 22.7 Å². The minimum atomic E-state index is -3.69. The third kappa shape index (κ3) is 3.24. The van der Waals surface area contributed by atoms with Gasteiger partial charge in [0.05, 0.1) is 9.82 Å². The number of halogens is 1. The lowest BCUT2D eigenvalue weighted by Crippen LogP contribution is -2.26. The first-order valence-corrected chi connectivity index (χ1v) is 7.30. The zero-order chi connectivity index (χ0) is 13.1. The van der Waals surface area contributed by atoms with E-state index in [1.807, 2.05) is 0 Å². The number of sulfonamides is 1. The average molecular weight is 323 g/mol. The Morgan fingerprint density at radius 2 is 2.12 bits per heavy atom. The number of nitro benzene ring substituents is 1. The predicted octanol–water partition coefficient (Wildman–Crippen LogP) is 1.58. The highest BCUT2D eigenvalue weighted by atomic mass is 79.9. The van der Waals surface area contributed by atoms with Gasteiger partial charge >= 0.3 is 0 Å². The van der Waals surface area contributed by atoms with E-state index in [4.69, 9.17) is 0 Å². The maximum absolute atomic E-state index is 11.8. The maximum Gasteiger partial charge on any atom is 0.273 e. The lowest BCUT2D eigenvalue weighted by Gasteiger charge is -2.08. The van der Waals surface area contributed by atoms with E-state index in [9.17, 15) is 18.5 Å². The Morgan fingerprint density at radius 1 is 1.47 bits per heavy atom. The molecular formula is C9H11BrN2O4S. The zero-order valence-corrected chi connectivity index (χ0v) is 11.4. The van der Waals surface area contributed by atoms with Crippen LogP contribution < -0.4 is 4.72 Å². The molecule has 8 heteroatoms. The number of nitrogens with one attached hydrogen (secondary N) is 1. The Hall–Kier alpha value is -0.990. The summed E-state index contributed by atoms with van der Waals surface area (Å²) in [5.41, 5.74) is -0.0636. The Bertz CT molecular complexity index is 530. The van der Waals surface area contributed by atoms with Gasteiger partial charge in [-0.2, -0.15) is 0 Å². The van der Waals surface area contributed by atoms with Gasteiger partial charge in [0, 0.05) is 23.5 Å². The molecule has 0 radical (unpaired) electrons. The molecule has 0 saturated carbocycles. The number of benzene rings is 1. The first-order chi connectivity index (χ1) is 7.90. The van der Waals surface area contributed by atoms with Crippen LogP contribution in [0.4, 0.5) is 5.69 Å². The summed E-state index contributed by atoms with van der Waals surface area (Å²) in [4.78, 5) is 10.0. The molecule has 0 spiro atoms. The second kappa shape index (κ2) is 5.56. The minimum absolute atomic E-state index is 0.0624. The van der Waals surface area contributed by atoms with Crippen LogP contribution in [0.1, 0.15) is 5.56 Å². The van der Waals surface area contributed by atoms with Crippen LogP contribution in [-0.2, 0) is 10.0 Å². The lowest BCUT2D eigenvalue weighted by molar-refractivity contribution is -0.385. The summed E-state index contributed by atoms with van der Waals surface area (Å²) in [6.07, 6.45) is 0. The molecule has 1 rings (SSSR count). The lowest BCUT2D eigenvalue weighted by atomic mass is 10.2. The topological polar surface area (TPSA) is 89.3 Å². The number of alkyl halides is 1. The molecule has 0 aliphatic carbocycles. The van der Waals surface area contributed by atoms with Gasteiger partial charge in [-0.05, 0) is 13.0 Å². The highest BCUT2D eigenvalue weighted by molar-refractivity contribution is 9.09. The summed E-state index contributed by atoms with van der Waals surface area (Å²) < 4.78 is 26.0. The van der Waals surface area contributed by atoms with Gasteiger partial charge in [0.25, 0.3) is 5.69 Å². The summed E-state index contributed by atoms with van der Waals surface area (Å²) in [7, 11) is -3.69. The Kier molecular flexibility index (Phi) is 4.61. The molecule has 0 aliphatic rings. The Labute approximate surface area is 107 Å². The van der Waals surface area contributed by atoms with Crippen LogP contribution in [-0.4, -0.2) is 25.2 Å². The first-order valence-electron chi connectivity index (χ1n) is 4.70. The van der Waals surface area contributed by atoms with Gasteiger partial charge in [-0.3, -0.25) is 10.1 Å². The highest BCUT2D eigenvalue weighted by Crippen LogP contribution is 2.24. The fraction of sp³-hybridized carbons (Fsp3) is 0.333. The van der Waals surface area contributed by atoms with Crippen LogP contribution in [0.15, 0.2) is 23.1 Å². The van der Waals surface area contributed by atoms with Gasteiger partial charge in [0.1, 0.15) is 0 Å². The van der Waals surface area contributed by atoms with E-state index < -0.39 is 14.9 Å². The minimum Gasteiger partial charge on any atom is -0.258 e. The van der Waals surface area contributed by atoms with Gasteiger partial charge in [-0.1, -0.05) is 22.0 Å². The summed E-state index contributed by atoms with van der Waals surface area (Å²) in [6.45, 7) is 1.64. The SMILES string of the molecule is Cc1c([N+](=O)[O-])cccc1S(=O)(=O)NCCBr. The summed E-state index contributed by atoms with van der Waals surface area (Å²) in [5.74, 6) is 0. The molecule has 0 unspecified atom stereocenters. The number of hydrogen-bond acceptors (Lipinski definition) is 4. The van der Waals surface area contributed by atoms with E-state index >= 15 is 0 Å². The van der Waals surface area contributed by atoms with Crippen molar-refractivity contribution in [3.63, 3.8) is 0 Å². The molecule has 0 saturated heterocycles. The van der Waals surface area contributed by atoms with Crippen LogP contribution >= 0.6 is 15.9 Å². The van der Waals surface area contributed by atoms with E-state index in [0.717, 1.165) is 0 Å². The molecular weight excluding hydrogens is 312 g/mol. The monoisotopic (exact) mass is 322 g/mol. The van der Waals surface area contributed by atoms with Gasteiger partial charge in [-0.25, -0.2) is 13.1 Å². The van der Waals surface area contributed by atoms with Crippen molar-refractivity contribution in [2.24, 2.45) is 0 Å². The fourth-order valence-corrected chi connectivity index (χ4v) is 3.09. The number of nitrogens with zero attached hydrogens (tertiary/aromatic N) is 1. The molecule has 1 aromatic rings. The largest absolute Gasteiger partial charge is 0.273 e. The van der Waals surface area contributed by atoms with Crippen molar-refractivity contribution in [2.45, 2.75) is 11.8 Å². The summed E-state index contributed by atoms with van der Waals surface area (Å²) in [5, 5.41) is 11.2. The van der Waals surface area contributed by atoms with Crippen molar-refractivity contribution in [1.29, 1.82) is 0 Å². The molecule has 0 bridgehead atoms. The molecule has 94 valence electrons.